The average Bonchev–Trinajstić information content (AvgIpc) is 2.29. The highest BCUT2D eigenvalue weighted by Crippen LogP contribution is 2.32. The molecule has 1 atom stereocenters. The fourth-order valence-electron chi connectivity index (χ4n) is 1.77. The van der Waals surface area contributed by atoms with Gasteiger partial charge in [0.25, 0.3) is 0 Å². The molecule has 1 saturated heterocycles. The Hall–Kier alpha value is -0.790. The lowest BCUT2D eigenvalue weighted by molar-refractivity contribution is -0.128. The minimum Gasteiger partial charge on any atom is -0.332 e. The van der Waals surface area contributed by atoms with Crippen LogP contribution in [-0.2, 0) is 16.1 Å². The van der Waals surface area contributed by atoms with Crippen molar-refractivity contribution in [1.82, 2.24) is 10.2 Å². The van der Waals surface area contributed by atoms with Gasteiger partial charge in [-0.3, -0.25) is 9.69 Å². The first kappa shape index (κ1) is 12.7. The zero-order valence-corrected chi connectivity index (χ0v) is 12.3. The van der Waals surface area contributed by atoms with Crippen LogP contribution in [0.2, 0.25) is 0 Å². The Kier molecular flexibility index (Phi) is 3.33. The molecule has 0 aromatic rings. The van der Waals surface area contributed by atoms with Gasteiger partial charge in [-0.25, -0.2) is 4.21 Å². The topological polar surface area (TPSA) is 49.4 Å². The van der Waals surface area contributed by atoms with Crippen LogP contribution in [0.3, 0.4) is 0 Å². The van der Waals surface area contributed by atoms with Gasteiger partial charge in [-0.15, -0.1) is 0 Å². The highest BCUT2D eigenvalue weighted by Gasteiger charge is 2.40. The molecule has 0 aromatic carbocycles. The molecule has 1 aliphatic carbocycles. The Morgan fingerprint density at radius 2 is 2.24 bits per heavy atom. The summed E-state index contributed by atoms with van der Waals surface area (Å²) in [4.78, 5) is 14.1. The standard InChI is InChI=1S/C10H9BrN2O2S2/c1-4-3-5(11)7-6(8(4)16)9(14)13(2)10(12-7)17-15/h3,6,12H,1-2H3. The van der Waals surface area contributed by atoms with Crippen molar-refractivity contribution in [3.63, 3.8) is 0 Å². The first-order valence-corrected chi connectivity index (χ1v) is 6.75. The van der Waals surface area contributed by atoms with E-state index in [4.69, 9.17) is 12.2 Å². The normalized spacial score (nSPS) is 24.4. The number of hydrogen-bond acceptors (Lipinski definition) is 3. The zero-order chi connectivity index (χ0) is 12.7. The van der Waals surface area contributed by atoms with Gasteiger partial charge >= 0.3 is 0 Å². The van der Waals surface area contributed by atoms with Gasteiger partial charge in [-0.2, -0.15) is 0 Å². The van der Waals surface area contributed by atoms with Crippen molar-refractivity contribution in [2.75, 3.05) is 7.05 Å². The maximum absolute atomic E-state index is 12.2. The largest absolute Gasteiger partial charge is 0.332 e. The molecule has 4 nitrogen and oxygen atoms in total. The first-order chi connectivity index (χ1) is 7.97. The van der Waals surface area contributed by atoms with Gasteiger partial charge in [-0.1, -0.05) is 12.2 Å². The van der Waals surface area contributed by atoms with Crippen LogP contribution in [0.15, 0.2) is 21.8 Å². The molecular formula is C10H9BrN2O2S2. The third kappa shape index (κ3) is 1.92. The van der Waals surface area contributed by atoms with Crippen molar-refractivity contribution in [3.05, 3.63) is 21.8 Å². The van der Waals surface area contributed by atoms with Crippen molar-refractivity contribution in [2.24, 2.45) is 5.92 Å². The summed E-state index contributed by atoms with van der Waals surface area (Å²) in [5.41, 5.74) is 1.55. The average molecular weight is 333 g/mol. The van der Waals surface area contributed by atoms with Gasteiger partial charge in [0.15, 0.2) is 0 Å². The van der Waals surface area contributed by atoms with Crippen molar-refractivity contribution in [2.45, 2.75) is 6.92 Å². The number of nitrogens with one attached hydrogen (secondary N) is 1. The quantitative estimate of drug-likeness (QED) is 0.670. The second-order valence-corrected chi connectivity index (χ2v) is 5.64. The SMILES string of the molecule is CC1=CC(Br)=C2NC(=S=O)N(C)C(=O)C2C1=S. The van der Waals surface area contributed by atoms with E-state index < -0.39 is 5.92 Å². The summed E-state index contributed by atoms with van der Waals surface area (Å²) in [7, 11) is 1.57. The summed E-state index contributed by atoms with van der Waals surface area (Å²) in [6.07, 6.45) is 1.85. The number of hydrogen-bond donors (Lipinski definition) is 1. The van der Waals surface area contributed by atoms with Crippen LogP contribution in [-0.4, -0.2) is 32.0 Å². The van der Waals surface area contributed by atoms with E-state index >= 15 is 0 Å². The molecular weight excluding hydrogens is 324 g/mol. The van der Waals surface area contributed by atoms with Crippen molar-refractivity contribution in [3.8, 4) is 0 Å². The first-order valence-electron chi connectivity index (χ1n) is 4.81. The Bertz CT molecular complexity index is 547. The summed E-state index contributed by atoms with van der Waals surface area (Å²) in [5, 5.41) is 3.23. The van der Waals surface area contributed by atoms with Gasteiger partial charge in [0.1, 0.15) is 17.2 Å². The molecule has 1 fully saturated rings. The Morgan fingerprint density at radius 1 is 1.59 bits per heavy atom. The molecule has 0 radical (unpaired) electrons. The van der Waals surface area contributed by atoms with E-state index in [1.807, 2.05) is 13.0 Å². The van der Waals surface area contributed by atoms with Crippen LogP contribution in [0.4, 0.5) is 0 Å². The second-order valence-electron chi connectivity index (χ2n) is 3.80. The molecule has 0 aromatic heterocycles. The van der Waals surface area contributed by atoms with E-state index in [0.717, 1.165) is 10.1 Å². The number of halogens is 1. The number of allylic oxidation sites excluding steroid dienone is 3. The fraction of sp³-hybridized carbons (Fsp3) is 0.300. The number of amides is 1. The Morgan fingerprint density at radius 3 is 2.82 bits per heavy atom. The molecule has 1 N–H and O–H groups in total. The maximum atomic E-state index is 12.2. The number of nitrogens with zero attached hydrogens (tertiary/aromatic N) is 1. The molecule has 0 saturated carbocycles. The molecule has 1 unspecified atom stereocenters. The summed E-state index contributed by atoms with van der Waals surface area (Å²) < 4.78 is 11.7. The van der Waals surface area contributed by atoms with E-state index in [2.05, 4.69) is 21.2 Å². The lowest BCUT2D eigenvalue weighted by Gasteiger charge is -2.35. The van der Waals surface area contributed by atoms with Crippen LogP contribution >= 0.6 is 28.1 Å². The van der Waals surface area contributed by atoms with Gasteiger partial charge < -0.3 is 5.32 Å². The third-order valence-electron chi connectivity index (χ3n) is 2.74. The number of fused-ring (bicyclic) bond motifs is 1. The summed E-state index contributed by atoms with van der Waals surface area (Å²) in [6, 6.07) is 0. The molecule has 2 aliphatic rings. The lowest BCUT2D eigenvalue weighted by Crippen LogP contribution is -2.55. The fourth-order valence-corrected chi connectivity index (χ4v) is 3.08. The highest BCUT2D eigenvalue weighted by molar-refractivity contribution is 9.11. The minimum atomic E-state index is -0.495. The number of carbonyl (C=O) groups excluding carboxylic acids is 1. The minimum absolute atomic E-state index is 0.175. The smallest absolute Gasteiger partial charge is 0.242 e. The Balaban J connectivity index is 2.58. The maximum Gasteiger partial charge on any atom is 0.242 e. The number of carbonyl (C=O) groups is 1. The predicted molar refractivity (Wildman–Crippen MR) is 74.9 cm³/mol. The van der Waals surface area contributed by atoms with Crippen molar-refractivity contribution in [1.29, 1.82) is 0 Å². The summed E-state index contributed by atoms with van der Waals surface area (Å²) in [6.45, 7) is 1.87. The molecule has 2 rings (SSSR count). The van der Waals surface area contributed by atoms with Crippen LogP contribution in [0.5, 0.6) is 0 Å². The summed E-state index contributed by atoms with van der Waals surface area (Å²) >= 11 is 8.93. The molecule has 0 spiro atoms. The Labute approximate surface area is 116 Å². The molecule has 17 heavy (non-hydrogen) atoms. The van der Waals surface area contributed by atoms with Gasteiger partial charge in [-0.05, 0) is 34.5 Å². The van der Waals surface area contributed by atoms with Gasteiger partial charge in [0, 0.05) is 22.1 Å². The van der Waals surface area contributed by atoms with Crippen LogP contribution in [0.25, 0.3) is 0 Å². The summed E-state index contributed by atoms with van der Waals surface area (Å²) in [5.74, 6) is -0.670. The predicted octanol–water partition coefficient (Wildman–Crippen LogP) is 0.901. The van der Waals surface area contributed by atoms with Crippen LogP contribution in [0.1, 0.15) is 6.92 Å². The van der Waals surface area contributed by atoms with Crippen LogP contribution in [0, 0.1) is 5.92 Å². The van der Waals surface area contributed by atoms with E-state index in [1.54, 1.807) is 7.05 Å². The van der Waals surface area contributed by atoms with Gasteiger partial charge in [0.2, 0.25) is 11.0 Å². The zero-order valence-electron chi connectivity index (χ0n) is 9.11. The van der Waals surface area contributed by atoms with Crippen molar-refractivity contribution >= 4 is 55.3 Å². The molecule has 1 heterocycles. The molecule has 1 aliphatic heterocycles. The van der Waals surface area contributed by atoms with Crippen molar-refractivity contribution < 1.29 is 9.00 Å². The van der Waals surface area contributed by atoms with E-state index in [1.165, 1.54) is 4.90 Å². The van der Waals surface area contributed by atoms with E-state index in [-0.39, 0.29) is 22.3 Å². The second kappa shape index (κ2) is 4.47. The monoisotopic (exact) mass is 332 g/mol. The molecule has 0 bridgehead atoms. The number of rotatable bonds is 0. The van der Waals surface area contributed by atoms with E-state index in [9.17, 15) is 9.00 Å². The van der Waals surface area contributed by atoms with Gasteiger partial charge in [0.05, 0.1) is 0 Å². The molecule has 90 valence electrons. The van der Waals surface area contributed by atoms with Crippen LogP contribution < -0.4 is 5.32 Å². The highest BCUT2D eigenvalue weighted by atomic mass is 79.9. The number of thiocarbonyl (C=S) groups is 1. The third-order valence-corrected chi connectivity index (χ3v) is 4.49. The van der Waals surface area contributed by atoms with E-state index in [0.29, 0.717) is 10.6 Å². The molecule has 1 amide bonds. The lowest BCUT2D eigenvalue weighted by atomic mass is 9.89. The molecule has 7 heteroatoms.